The van der Waals surface area contributed by atoms with Gasteiger partial charge in [0.1, 0.15) is 4.60 Å². The number of halogens is 1. The maximum absolute atomic E-state index is 11.0. The van der Waals surface area contributed by atoms with Crippen LogP contribution in [0.1, 0.15) is 26.9 Å². The van der Waals surface area contributed by atoms with Gasteiger partial charge in [0.15, 0.2) is 0 Å². The smallest absolute Gasteiger partial charge is 0.374 e. The molecule has 2 aromatic rings. The third-order valence-electron chi connectivity index (χ3n) is 2.69. The van der Waals surface area contributed by atoms with E-state index in [9.17, 15) is 9.59 Å². The van der Waals surface area contributed by atoms with Crippen molar-refractivity contribution < 1.29 is 19.1 Å². The van der Waals surface area contributed by atoms with Crippen LogP contribution in [0.2, 0.25) is 0 Å². The lowest BCUT2D eigenvalue weighted by atomic mass is 10.5. The Bertz CT molecular complexity index is 720. The van der Waals surface area contributed by atoms with Gasteiger partial charge < -0.3 is 18.6 Å². The molecule has 0 radical (unpaired) electrons. The zero-order valence-corrected chi connectivity index (χ0v) is 14.8. The molecule has 2 aromatic heterocycles. The van der Waals surface area contributed by atoms with E-state index in [0.717, 1.165) is 0 Å². The molecule has 0 aliphatic rings. The zero-order valence-electron chi connectivity index (χ0n) is 13.2. The normalized spacial score (nSPS) is 9.61. The molecule has 0 bridgehead atoms. The first-order valence-corrected chi connectivity index (χ1v) is 7.14. The van der Waals surface area contributed by atoms with Crippen LogP contribution in [-0.2, 0) is 23.6 Å². The average molecular weight is 385 g/mol. The molecular weight excluding hydrogens is 368 g/mol. The van der Waals surface area contributed by atoms with Gasteiger partial charge in [-0.2, -0.15) is 0 Å². The second kappa shape index (κ2) is 8.28. The summed E-state index contributed by atoms with van der Waals surface area (Å²) in [5, 5.41) is 0. The minimum Gasteiger partial charge on any atom is -0.463 e. The number of ether oxygens (including phenoxy) is 2. The minimum atomic E-state index is -0.439. The number of carbonyl (C=O) groups is 2. The Kier molecular flexibility index (Phi) is 6.70. The molecule has 2 heterocycles. The van der Waals surface area contributed by atoms with E-state index < -0.39 is 11.9 Å². The number of hydrogen-bond donors (Lipinski definition) is 0. The summed E-state index contributed by atoms with van der Waals surface area (Å²) < 4.78 is 12.8. The number of hydrogen-bond acceptors (Lipinski definition) is 6. The highest BCUT2D eigenvalue weighted by Crippen LogP contribution is 2.08. The SMILES string of the molecule is C=Cc1cn(C)c(C(=O)OC)n1.COC(=O)c1nc(Br)cn1C. The van der Waals surface area contributed by atoms with Crippen LogP contribution in [0.4, 0.5) is 0 Å². The molecule has 0 aliphatic carbocycles. The molecule has 2 rings (SSSR count). The summed E-state index contributed by atoms with van der Waals surface area (Å²) in [7, 11) is 6.10. The fourth-order valence-electron chi connectivity index (χ4n) is 1.58. The van der Waals surface area contributed by atoms with Crippen molar-refractivity contribution in [1.29, 1.82) is 0 Å². The largest absolute Gasteiger partial charge is 0.463 e. The van der Waals surface area contributed by atoms with Crippen LogP contribution >= 0.6 is 15.9 Å². The van der Waals surface area contributed by atoms with Gasteiger partial charge in [0, 0.05) is 26.5 Å². The quantitative estimate of drug-likeness (QED) is 0.749. The summed E-state index contributed by atoms with van der Waals surface area (Å²) in [4.78, 5) is 29.8. The Labute approximate surface area is 141 Å². The number of esters is 2. The Hall–Kier alpha value is -2.42. The molecule has 0 unspecified atom stereocenters. The van der Waals surface area contributed by atoms with Crippen LogP contribution in [-0.4, -0.2) is 45.3 Å². The number of imidazole rings is 2. The molecule has 0 spiro atoms. The van der Waals surface area contributed by atoms with E-state index in [-0.39, 0.29) is 5.82 Å². The molecule has 0 aromatic carbocycles. The van der Waals surface area contributed by atoms with Gasteiger partial charge >= 0.3 is 11.9 Å². The number of nitrogens with zero attached hydrogens (tertiary/aromatic N) is 4. The van der Waals surface area contributed by atoms with Gasteiger partial charge in [-0.15, -0.1) is 0 Å². The molecule has 0 N–H and O–H groups in total. The fraction of sp³-hybridized carbons (Fsp3) is 0.286. The van der Waals surface area contributed by atoms with Crippen LogP contribution in [0.15, 0.2) is 23.6 Å². The molecule has 0 saturated carbocycles. The first-order chi connectivity index (χ1) is 10.8. The predicted molar refractivity (Wildman–Crippen MR) is 86.9 cm³/mol. The lowest BCUT2D eigenvalue weighted by molar-refractivity contribution is 0.0574. The lowest BCUT2D eigenvalue weighted by Gasteiger charge is -1.96. The van der Waals surface area contributed by atoms with Crippen LogP contribution in [0.5, 0.6) is 0 Å². The number of aryl methyl sites for hydroxylation is 2. The van der Waals surface area contributed by atoms with Crippen molar-refractivity contribution in [3.8, 4) is 0 Å². The molecule has 23 heavy (non-hydrogen) atoms. The van der Waals surface area contributed by atoms with Crippen LogP contribution in [0.25, 0.3) is 6.08 Å². The van der Waals surface area contributed by atoms with Crippen LogP contribution < -0.4 is 0 Å². The van der Waals surface area contributed by atoms with Crippen molar-refractivity contribution in [3.05, 3.63) is 40.9 Å². The van der Waals surface area contributed by atoms with Gasteiger partial charge in [-0.1, -0.05) is 6.58 Å². The highest BCUT2D eigenvalue weighted by Gasteiger charge is 2.12. The maximum Gasteiger partial charge on any atom is 0.374 e. The second-order valence-corrected chi connectivity index (χ2v) is 5.10. The van der Waals surface area contributed by atoms with Gasteiger partial charge in [0.25, 0.3) is 0 Å². The van der Waals surface area contributed by atoms with Gasteiger partial charge in [0.05, 0.1) is 19.9 Å². The number of carbonyl (C=O) groups excluding carboxylic acids is 2. The van der Waals surface area contributed by atoms with Crippen LogP contribution in [0.3, 0.4) is 0 Å². The van der Waals surface area contributed by atoms with E-state index in [2.05, 4.69) is 42.0 Å². The van der Waals surface area contributed by atoms with Gasteiger partial charge in [0.2, 0.25) is 11.6 Å². The van der Waals surface area contributed by atoms with Gasteiger partial charge in [-0.3, -0.25) is 0 Å². The van der Waals surface area contributed by atoms with E-state index in [0.29, 0.717) is 16.1 Å². The van der Waals surface area contributed by atoms with Crippen molar-refractivity contribution >= 4 is 33.9 Å². The van der Waals surface area contributed by atoms with Gasteiger partial charge in [-0.25, -0.2) is 19.6 Å². The standard InChI is InChI=1S/C8H10N2O2.C6H7BrN2O2/c1-4-6-5-10(2)7(9-6)8(11)12-3;1-9-3-4(7)8-5(9)6(10)11-2/h4-5H,1H2,2-3H3;3H,1-2H3. The molecule has 0 atom stereocenters. The summed E-state index contributed by atoms with van der Waals surface area (Å²) in [6, 6.07) is 0. The summed E-state index contributed by atoms with van der Waals surface area (Å²) in [5.74, 6) is -0.296. The van der Waals surface area contributed by atoms with E-state index in [1.165, 1.54) is 14.2 Å². The van der Waals surface area contributed by atoms with Crippen LogP contribution in [0, 0.1) is 0 Å². The third-order valence-corrected chi connectivity index (χ3v) is 3.07. The molecule has 8 nitrogen and oxygen atoms in total. The van der Waals surface area contributed by atoms with E-state index >= 15 is 0 Å². The van der Waals surface area contributed by atoms with Crippen molar-refractivity contribution in [2.24, 2.45) is 14.1 Å². The molecule has 124 valence electrons. The number of methoxy groups -OCH3 is 2. The van der Waals surface area contributed by atoms with Gasteiger partial charge in [-0.05, 0) is 22.0 Å². The number of rotatable bonds is 3. The fourth-order valence-corrected chi connectivity index (χ4v) is 2.05. The van der Waals surface area contributed by atoms with Crippen molar-refractivity contribution in [2.75, 3.05) is 14.2 Å². The molecular formula is C14H17BrN4O4. The zero-order chi connectivity index (χ0) is 17.6. The highest BCUT2D eigenvalue weighted by atomic mass is 79.9. The summed E-state index contributed by atoms with van der Waals surface area (Å²) >= 11 is 3.14. The Morgan fingerprint density at radius 1 is 1.09 bits per heavy atom. The molecule has 0 aliphatic heterocycles. The number of aromatic nitrogens is 4. The molecule has 0 amide bonds. The van der Waals surface area contributed by atoms with Crippen molar-refractivity contribution in [2.45, 2.75) is 0 Å². The first kappa shape index (κ1) is 18.6. The lowest BCUT2D eigenvalue weighted by Crippen LogP contribution is -2.08. The summed E-state index contributed by atoms with van der Waals surface area (Å²) in [6.45, 7) is 3.54. The highest BCUT2D eigenvalue weighted by molar-refractivity contribution is 9.10. The average Bonchev–Trinajstić information content (AvgIpc) is 3.08. The first-order valence-electron chi connectivity index (χ1n) is 6.35. The Morgan fingerprint density at radius 3 is 1.91 bits per heavy atom. The molecule has 0 saturated heterocycles. The van der Waals surface area contributed by atoms with E-state index in [1.54, 1.807) is 41.7 Å². The second-order valence-electron chi connectivity index (χ2n) is 4.29. The molecule has 0 fully saturated rings. The van der Waals surface area contributed by atoms with Crippen molar-refractivity contribution in [1.82, 2.24) is 19.1 Å². The molecule has 9 heteroatoms. The maximum atomic E-state index is 11.0. The van der Waals surface area contributed by atoms with E-state index in [1.807, 2.05) is 0 Å². The summed E-state index contributed by atoms with van der Waals surface area (Å²) in [6.07, 6.45) is 4.97. The van der Waals surface area contributed by atoms with Crippen molar-refractivity contribution in [3.63, 3.8) is 0 Å². The Balaban J connectivity index is 0.000000231. The monoisotopic (exact) mass is 384 g/mol. The third kappa shape index (κ3) is 4.78. The Morgan fingerprint density at radius 2 is 1.57 bits per heavy atom. The van der Waals surface area contributed by atoms with E-state index in [4.69, 9.17) is 0 Å². The minimum absolute atomic E-state index is 0.285. The topological polar surface area (TPSA) is 88.2 Å². The summed E-state index contributed by atoms with van der Waals surface area (Å²) in [5.41, 5.74) is 0.665. The predicted octanol–water partition coefficient (Wildman–Crippen LogP) is 1.82.